The van der Waals surface area contributed by atoms with Crippen molar-refractivity contribution in [2.24, 2.45) is 0 Å². The van der Waals surface area contributed by atoms with E-state index in [1.165, 1.54) is 45.2 Å². The van der Waals surface area contributed by atoms with Gasteiger partial charge < -0.3 is 4.74 Å². The van der Waals surface area contributed by atoms with Gasteiger partial charge in [-0.25, -0.2) is 4.68 Å². The third-order valence-corrected chi connectivity index (χ3v) is 6.53. The number of hydrogen-bond acceptors (Lipinski definition) is 6. The molecule has 1 aromatic heterocycles. The number of piperazine rings is 1. The summed E-state index contributed by atoms with van der Waals surface area (Å²) in [6.07, 6.45) is 10.7. The molecule has 2 aliphatic heterocycles. The Labute approximate surface area is 157 Å². The number of rotatable bonds is 6. The molecule has 1 aromatic rings. The van der Waals surface area contributed by atoms with Gasteiger partial charge in [0.1, 0.15) is 0 Å². The molecule has 3 fully saturated rings. The maximum Gasteiger partial charge on any atom is 0.168 e. The van der Waals surface area contributed by atoms with Crippen LogP contribution in [0.1, 0.15) is 70.2 Å². The average molecular weight is 363 g/mol. The van der Waals surface area contributed by atoms with Gasteiger partial charge in [-0.15, -0.1) is 5.10 Å². The van der Waals surface area contributed by atoms with Crippen molar-refractivity contribution in [2.45, 2.75) is 83.0 Å². The van der Waals surface area contributed by atoms with E-state index in [0.29, 0.717) is 6.04 Å². The number of ether oxygens (including phenoxy) is 1. The molecule has 2 atom stereocenters. The van der Waals surface area contributed by atoms with Crippen LogP contribution in [0.25, 0.3) is 0 Å². The molecule has 146 valence electrons. The van der Waals surface area contributed by atoms with Crippen molar-refractivity contribution in [2.75, 3.05) is 32.8 Å². The highest BCUT2D eigenvalue weighted by atomic mass is 16.5. The minimum atomic E-state index is 0.276. The average Bonchev–Trinajstić information content (AvgIpc) is 3.37. The molecular weight excluding hydrogens is 328 g/mol. The Morgan fingerprint density at radius 2 is 1.85 bits per heavy atom. The summed E-state index contributed by atoms with van der Waals surface area (Å²) in [5.74, 6) is 1.02. The molecule has 0 unspecified atom stereocenters. The maximum absolute atomic E-state index is 5.78. The van der Waals surface area contributed by atoms with Gasteiger partial charge in [0, 0.05) is 38.8 Å². The molecule has 1 saturated carbocycles. The van der Waals surface area contributed by atoms with Crippen LogP contribution in [0.15, 0.2) is 0 Å². The minimum Gasteiger partial charge on any atom is -0.376 e. The van der Waals surface area contributed by atoms with E-state index in [2.05, 4.69) is 32.2 Å². The van der Waals surface area contributed by atoms with Crippen molar-refractivity contribution in [3.63, 3.8) is 0 Å². The second-order valence-electron chi connectivity index (χ2n) is 8.14. The summed E-state index contributed by atoms with van der Waals surface area (Å²) in [5.41, 5.74) is 0. The lowest BCUT2D eigenvalue weighted by molar-refractivity contribution is 0.0493. The zero-order chi connectivity index (χ0) is 17.8. The predicted octanol–water partition coefficient (Wildman–Crippen LogP) is 2.25. The van der Waals surface area contributed by atoms with Crippen LogP contribution < -0.4 is 0 Å². The van der Waals surface area contributed by atoms with Gasteiger partial charge >= 0.3 is 0 Å². The lowest BCUT2D eigenvalue weighted by Crippen LogP contribution is -2.51. The lowest BCUT2D eigenvalue weighted by atomic mass is 9.93. The third-order valence-electron chi connectivity index (χ3n) is 6.53. The Bertz CT molecular complexity index is 544. The maximum atomic E-state index is 5.78. The molecule has 0 bridgehead atoms. The fourth-order valence-electron chi connectivity index (χ4n) is 5.03. The highest BCUT2D eigenvalue weighted by molar-refractivity contribution is 4.95. The molecule has 4 rings (SSSR count). The quantitative estimate of drug-likeness (QED) is 0.774. The molecule has 3 aliphatic rings. The fraction of sp³-hybridized carbons (Fsp3) is 0.947. The number of aromatic nitrogens is 4. The van der Waals surface area contributed by atoms with E-state index >= 15 is 0 Å². The van der Waals surface area contributed by atoms with Gasteiger partial charge in [0.05, 0.1) is 18.7 Å². The molecule has 0 radical (unpaired) electrons. The summed E-state index contributed by atoms with van der Waals surface area (Å²) in [5, 5.41) is 12.7. The van der Waals surface area contributed by atoms with Crippen LogP contribution >= 0.6 is 0 Å². The first-order chi connectivity index (χ1) is 12.8. The van der Waals surface area contributed by atoms with Crippen LogP contribution in [-0.2, 0) is 11.3 Å². The molecule has 0 amide bonds. The van der Waals surface area contributed by atoms with Crippen LogP contribution in [0.3, 0.4) is 0 Å². The van der Waals surface area contributed by atoms with E-state index in [1.54, 1.807) is 0 Å². The van der Waals surface area contributed by atoms with E-state index < -0.39 is 0 Å². The number of tetrazole rings is 1. The Kier molecular flexibility index (Phi) is 6.17. The monoisotopic (exact) mass is 362 g/mol. The second kappa shape index (κ2) is 8.76. The molecule has 3 heterocycles. The van der Waals surface area contributed by atoms with Gasteiger partial charge in [-0.1, -0.05) is 26.2 Å². The van der Waals surface area contributed by atoms with Crippen LogP contribution in [-0.4, -0.2) is 74.9 Å². The molecule has 26 heavy (non-hydrogen) atoms. The highest BCUT2D eigenvalue weighted by Crippen LogP contribution is 2.27. The predicted molar refractivity (Wildman–Crippen MR) is 99.8 cm³/mol. The van der Waals surface area contributed by atoms with Crippen LogP contribution in [0.2, 0.25) is 0 Å². The van der Waals surface area contributed by atoms with Gasteiger partial charge in [0.2, 0.25) is 0 Å². The normalized spacial score (nSPS) is 27.8. The summed E-state index contributed by atoms with van der Waals surface area (Å²) in [6, 6.07) is 1.15. The van der Waals surface area contributed by atoms with Crippen LogP contribution in [0.5, 0.6) is 0 Å². The summed E-state index contributed by atoms with van der Waals surface area (Å²) >= 11 is 0. The van der Waals surface area contributed by atoms with E-state index in [0.717, 1.165) is 57.4 Å². The second-order valence-corrected chi connectivity index (χ2v) is 8.14. The standard InChI is InChI=1S/C19H34N6O/c1-2-18(19-20-21-22-25(19)15-17-9-6-14-26-17)24-12-10-23(11-13-24)16-7-4-3-5-8-16/h16-18H,2-15H2,1H3/t17-,18-/m1/s1. The topological polar surface area (TPSA) is 59.3 Å². The van der Waals surface area contributed by atoms with Crippen molar-refractivity contribution in [3.8, 4) is 0 Å². The summed E-state index contributed by atoms with van der Waals surface area (Å²) in [6.45, 7) is 8.55. The molecule has 2 saturated heterocycles. The summed E-state index contributed by atoms with van der Waals surface area (Å²) in [7, 11) is 0. The molecule has 7 nitrogen and oxygen atoms in total. The fourth-order valence-corrected chi connectivity index (χ4v) is 5.03. The Balaban J connectivity index is 1.36. The third kappa shape index (κ3) is 4.10. The summed E-state index contributed by atoms with van der Waals surface area (Å²) in [4.78, 5) is 5.33. The lowest BCUT2D eigenvalue weighted by Gasteiger charge is -2.42. The zero-order valence-corrected chi connectivity index (χ0v) is 16.2. The first-order valence-electron chi connectivity index (χ1n) is 10.7. The van der Waals surface area contributed by atoms with Crippen molar-refractivity contribution in [3.05, 3.63) is 5.82 Å². The van der Waals surface area contributed by atoms with Crippen LogP contribution in [0, 0.1) is 0 Å². The first kappa shape index (κ1) is 18.3. The van der Waals surface area contributed by atoms with Gasteiger partial charge in [-0.3, -0.25) is 9.80 Å². The van der Waals surface area contributed by atoms with Crippen molar-refractivity contribution in [1.29, 1.82) is 0 Å². The Morgan fingerprint density at radius 3 is 2.54 bits per heavy atom. The smallest absolute Gasteiger partial charge is 0.168 e. The molecule has 0 aromatic carbocycles. The molecule has 1 aliphatic carbocycles. The number of hydrogen-bond donors (Lipinski definition) is 0. The van der Waals surface area contributed by atoms with Crippen molar-refractivity contribution < 1.29 is 4.74 Å². The van der Waals surface area contributed by atoms with Gasteiger partial charge in [-0.2, -0.15) is 0 Å². The van der Waals surface area contributed by atoms with E-state index in [4.69, 9.17) is 4.74 Å². The molecule has 7 heteroatoms. The van der Waals surface area contributed by atoms with E-state index in [9.17, 15) is 0 Å². The van der Waals surface area contributed by atoms with Crippen molar-refractivity contribution >= 4 is 0 Å². The largest absolute Gasteiger partial charge is 0.376 e. The molecule has 0 N–H and O–H groups in total. The summed E-state index contributed by atoms with van der Waals surface area (Å²) < 4.78 is 7.78. The zero-order valence-electron chi connectivity index (χ0n) is 16.2. The first-order valence-corrected chi connectivity index (χ1v) is 10.7. The molecule has 0 spiro atoms. The van der Waals surface area contributed by atoms with Crippen LogP contribution in [0.4, 0.5) is 0 Å². The van der Waals surface area contributed by atoms with Gasteiger partial charge in [0.15, 0.2) is 5.82 Å². The van der Waals surface area contributed by atoms with E-state index in [-0.39, 0.29) is 6.10 Å². The van der Waals surface area contributed by atoms with E-state index in [1.807, 2.05) is 4.68 Å². The molecular formula is C19H34N6O. The van der Waals surface area contributed by atoms with Crippen molar-refractivity contribution in [1.82, 2.24) is 30.0 Å². The Hall–Kier alpha value is -1.05. The SMILES string of the molecule is CC[C@H](c1nnnn1C[C@H]1CCCO1)N1CCN(C2CCCCC2)CC1. The Morgan fingerprint density at radius 1 is 1.04 bits per heavy atom. The number of nitrogens with zero attached hydrogens (tertiary/aromatic N) is 6. The van der Waals surface area contributed by atoms with Gasteiger partial charge in [-0.05, 0) is 42.5 Å². The minimum absolute atomic E-state index is 0.276. The van der Waals surface area contributed by atoms with Gasteiger partial charge in [0.25, 0.3) is 0 Å². The highest BCUT2D eigenvalue weighted by Gasteiger charge is 2.31.